The van der Waals surface area contributed by atoms with E-state index in [1.54, 1.807) is 12.1 Å². The summed E-state index contributed by atoms with van der Waals surface area (Å²) in [5.74, 6) is 0.862. The van der Waals surface area contributed by atoms with Crippen LogP contribution in [0.1, 0.15) is 32.1 Å². The Balaban J connectivity index is 1.84. The molecular weight excluding hydrogens is 258 g/mol. The van der Waals surface area contributed by atoms with Crippen LogP contribution in [0.25, 0.3) is 0 Å². The van der Waals surface area contributed by atoms with Crippen molar-refractivity contribution in [2.45, 2.75) is 37.0 Å². The van der Waals surface area contributed by atoms with E-state index in [1.165, 1.54) is 31.0 Å². The predicted octanol–water partition coefficient (Wildman–Crippen LogP) is 3.28. The Morgan fingerprint density at radius 2 is 1.74 bits per heavy atom. The molecule has 1 fully saturated rings. The second-order valence-electron chi connectivity index (χ2n) is 4.90. The zero-order chi connectivity index (χ0) is 13.5. The monoisotopic (exact) mass is 279 g/mol. The summed E-state index contributed by atoms with van der Waals surface area (Å²) >= 11 is 1.42. The standard InChI is InChI=1S/C15H21NO2S/c17-13-8-4-5-9-14(13)19-12-15(18)16-10-6-2-1-3-7-11-16/h4-5,8-9,17H,1-3,6-7,10-12H2. The van der Waals surface area contributed by atoms with Gasteiger partial charge in [0.1, 0.15) is 5.75 Å². The first kappa shape index (κ1) is 14.3. The third kappa shape index (κ3) is 4.46. The number of hydrogen-bond acceptors (Lipinski definition) is 3. The van der Waals surface area contributed by atoms with Crippen LogP contribution in [0, 0.1) is 0 Å². The summed E-state index contributed by atoms with van der Waals surface area (Å²) < 4.78 is 0. The zero-order valence-electron chi connectivity index (χ0n) is 11.2. The highest BCUT2D eigenvalue weighted by Crippen LogP contribution is 2.27. The van der Waals surface area contributed by atoms with Crippen LogP contribution < -0.4 is 0 Å². The first-order valence-electron chi connectivity index (χ1n) is 6.96. The summed E-state index contributed by atoms with van der Waals surface area (Å²) in [5, 5.41) is 9.67. The average Bonchev–Trinajstić information content (AvgIpc) is 2.37. The van der Waals surface area contributed by atoms with Gasteiger partial charge in [-0.25, -0.2) is 0 Å². The van der Waals surface area contributed by atoms with Crippen molar-refractivity contribution in [3.8, 4) is 5.75 Å². The molecule has 3 nitrogen and oxygen atoms in total. The number of nitrogens with zero attached hydrogens (tertiary/aromatic N) is 1. The first-order chi connectivity index (χ1) is 9.27. The molecule has 0 bridgehead atoms. The van der Waals surface area contributed by atoms with Crippen LogP contribution in [0.3, 0.4) is 0 Å². The number of phenolic OH excluding ortho intramolecular Hbond substituents is 1. The minimum Gasteiger partial charge on any atom is -0.507 e. The molecule has 1 saturated heterocycles. The highest BCUT2D eigenvalue weighted by Gasteiger charge is 2.15. The van der Waals surface area contributed by atoms with E-state index in [1.807, 2.05) is 17.0 Å². The van der Waals surface area contributed by atoms with Crippen molar-refractivity contribution in [1.29, 1.82) is 0 Å². The number of aromatic hydroxyl groups is 1. The van der Waals surface area contributed by atoms with Gasteiger partial charge < -0.3 is 10.0 Å². The maximum absolute atomic E-state index is 12.2. The van der Waals surface area contributed by atoms with E-state index in [2.05, 4.69) is 0 Å². The topological polar surface area (TPSA) is 40.5 Å². The van der Waals surface area contributed by atoms with E-state index >= 15 is 0 Å². The molecule has 104 valence electrons. The Hall–Kier alpha value is -1.16. The molecule has 1 aliphatic rings. The highest BCUT2D eigenvalue weighted by atomic mass is 32.2. The Labute approximate surface area is 119 Å². The van der Waals surface area contributed by atoms with Gasteiger partial charge in [-0.3, -0.25) is 4.79 Å². The van der Waals surface area contributed by atoms with Gasteiger partial charge in [0, 0.05) is 18.0 Å². The summed E-state index contributed by atoms with van der Waals surface area (Å²) in [7, 11) is 0. The van der Waals surface area contributed by atoms with Crippen molar-refractivity contribution < 1.29 is 9.90 Å². The van der Waals surface area contributed by atoms with Gasteiger partial charge in [0.05, 0.1) is 5.75 Å². The summed E-state index contributed by atoms with van der Waals surface area (Å²) in [4.78, 5) is 14.9. The minimum atomic E-state index is 0.190. The van der Waals surface area contributed by atoms with Crippen molar-refractivity contribution in [3.63, 3.8) is 0 Å². The van der Waals surface area contributed by atoms with Crippen LogP contribution in [-0.2, 0) is 4.79 Å². The Bertz CT molecular complexity index is 414. The lowest BCUT2D eigenvalue weighted by atomic mass is 10.1. The summed E-state index contributed by atoms with van der Waals surface area (Å²) in [6, 6.07) is 7.17. The largest absolute Gasteiger partial charge is 0.507 e. The molecule has 0 spiro atoms. The fourth-order valence-electron chi connectivity index (χ4n) is 2.31. The van der Waals surface area contributed by atoms with E-state index < -0.39 is 0 Å². The van der Waals surface area contributed by atoms with Crippen LogP contribution >= 0.6 is 11.8 Å². The van der Waals surface area contributed by atoms with Gasteiger partial charge in [0.2, 0.25) is 5.91 Å². The maximum atomic E-state index is 12.2. The van der Waals surface area contributed by atoms with E-state index in [9.17, 15) is 9.90 Å². The zero-order valence-corrected chi connectivity index (χ0v) is 12.0. The molecule has 0 radical (unpaired) electrons. The highest BCUT2D eigenvalue weighted by molar-refractivity contribution is 8.00. The lowest BCUT2D eigenvalue weighted by Crippen LogP contribution is -2.35. The second kappa shape index (κ2) is 7.43. The van der Waals surface area contributed by atoms with Crippen molar-refractivity contribution >= 4 is 17.7 Å². The van der Waals surface area contributed by atoms with Crippen LogP contribution in [0.4, 0.5) is 0 Å². The molecule has 0 aromatic heterocycles. The number of phenols is 1. The molecule has 0 unspecified atom stereocenters. The molecule has 2 rings (SSSR count). The van der Waals surface area contributed by atoms with Crippen molar-refractivity contribution in [2.24, 2.45) is 0 Å². The first-order valence-corrected chi connectivity index (χ1v) is 7.94. The van der Waals surface area contributed by atoms with Gasteiger partial charge in [0.25, 0.3) is 0 Å². The van der Waals surface area contributed by atoms with Gasteiger partial charge in [-0.15, -0.1) is 11.8 Å². The van der Waals surface area contributed by atoms with Gasteiger partial charge in [0.15, 0.2) is 0 Å². The Morgan fingerprint density at radius 1 is 1.11 bits per heavy atom. The molecule has 0 atom stereocenters. The Kier molecular flexibility index (Phi) is 5.58. The fraction of sp³-hybridized carbons (Fsp3) is 0.533. The molecule has 1 aromatic rings. The summed E-state index contributed by atoms with van der Waals surface area (Å²) in [6.07, 6.45) is 6.00. The molecule has 1 heterocycles. The van der Waals surface area contributed by atoms with Crippen LogP contribution in [0.5, 0.6) is 5.75 Å². The molecule has 1 amide bonds. The van der Waals surface area contributed by atoms with Gasteiger partial charge in [-0.2, -0.15) is 0 Å². The van der Waals surface area contributed by atoms with Crippen LogP contribution in [0.2, 0.25) is 0 Å². The van der Waals surface area contributed by atoms with Crippen molar-refractivity contribution in [3.05, 3.63) is 24.3 Å². The molecule has 0 aliphatic carbocycles. The van der Waals surface area contributed by atoms with E-state index in [0.29, 0.717) is 5.75 Å². The molecule has 1 aliphatic heterocycles. The lowest BCUT2D eigenvalue weighted by Gasteiger charge is -2.24. The van der Waals surface area contributed by atoms with E-state index in [-0.39, 0.29) is 11.7 Å². The second-order valence-corrected chi connectivity index (χ2v) is 5.92. The molecule has 1 aromatic carbocycles. The Morgan fingerprint density at radius 3 is 2.42 bits per heavy atom. The quantitative estimate of drug-likeness (QED) is 0.863. The van der Waals surface area contributed by atoms with Crippen molar-refractivity contribution in [1.82, 2.24) is 4.90 Å². The maximum Gasteiger partial charge on any atom is 0.232 e. The van der Waals surface area contributed by atoms with Gasteiger partial charge >= 0.3 is 0 Å². The van der Waals surface area contributed by atoms with Gasteiger partial charge in [-0.1, -0.05) is 31.4 Å². The average molecular weight is 279 g/mol. The number of para-hydroxylation sites is 1. The molecule has 4 heteroatoms. The number of rotatable bonds is 3. The number of hydrogen-bond donors (Lipinski definition) is 1. The third-order valence-corrected chi connectivity index (χ3v) is 4.47. The van der Waals surface area contributed by atoms with Crippen LogP contribution in [0.15, 0.2) is 29.2 Å². The fourth-order valence-corrected chi connectivity index (χ4v) is 3.16. The predicted molar refractivity (Wildman–Crippen MR) is 78.5 cm³/mol. The van der Waals surface area contributed by atoms with Crippen LogP contribution in [-0.4, -0.2) is 34.8 Å². The number of thioether (sulfide) groups is 1. The van der Waals surface area contributed by atoms with E-state index in [4.69, 9.17) is 0 Å². The molecule has 19 heavy (non-hydrogen) atoms. The number of likely N-dealkylation sites (tertiary alicyclic amines) is 1. The summed E-state index contributed by atoms with van der Waals surface area (Å²) in [6.45, 7) is 1.78. The van der Waals surface area contributed by atoms with Gasteiger partial charge in [-0.05, 0) is 25.0 Å². The number of amides is 1. The third-order valence-electron chi connectivity index (χ3n) is 3.43. The SMILES string of the molecule is O=C(CSc1ccccc1O)N1CCCCCCC1. The minimum absolute atomic E-state index is 0.190. The number of benzene rings is 1. The lowest BCUT2D eigenvalue weighted by molar-refractivity contribution is -0.128. The summed E-state index contributed by atoms with van der Waals surface area (Å²) in [5.41, 5.74) is 0. The smallest absolute Gasteiger partial charge is 0.232 e. The number of carbonyl (C=O) groups excluding carboxylic acids is 1. The van der Waals surface area contributed by atoms with Crippen molar-refractivity contribution in [2.75, 3.05) is 18.8 Å². The van der Waals surface area contributed by atoms with E-state index in [0.717, 1.165) is 30.8 Å². The number of carbonyl (C=O) groups is 1. The normalized spacial score (nSPS) is 16.7. The molecule has 0 saturated carbocycles. The molecular formula is C15H21NO2S. The molecule has 1 N–H and O–H groups in total.